The quantitative estimate of drug-likeness (QED) is 0.501. The third kappa shape index (κ3) is 4.17. The van der Waals surface area contributed by atoms with Crippen LogP contribution in [0.15, 0.2) is 72.8 Å². The second kappa shape index (κ2) is 7.85. The lowest BCUT2D eigenvalue weighted by atomic mass is 10.1. The molecule has 0 atom stereocenters. The first-order valence-corrected chi connectivity index (χ1v) is 9.24. The lowest BCUT2D eigenvalue weighted by Gasteiger charge is -2.06. The van der Waals surface area contributed by atoms with Crippen molar-refractivity contribution in [2.45, 2.75) is 6.92 Å². The highest BCUT2D eigenvalue weighted by molar-refractivity contribution is 6.30. The van der Waals surface area contributed by atoms with E-state index in [2.05, 4.69) is 15.4 Å². The Morgan fingerprint density at radius 1 is 1.03 bits per heavy atom. The Morgan fingerprint density at radius 3 is 2.45 bits per heavy atom. The topological polar surface area (TPSA) is 59.8 Å². The van der Waals surface area contributed by atoms with Gasteiger partial charge in [0.25, 0.3) is 5.91 Å². The number of carbonyl (C=O) groups is 1. The van der Waals surface area contributed by atoms with E-state index in [1.165, 1.54) is 18.2 Å². The van der Waals surface area contributed by atoms with Gasteiger partial charge < -0.3 is 5.32 Å². The maximum atomic E-state index is 13.4. The van der Waals surface area contributed by atoms with Crippen molar-refractivity contribution >= 4 is 23.2 Å². The van der Waals surface area contributed by atoms with Crippen molar-refractivity contribution in [3.63, 3.8) is 0 Å². The molecular formula is C22H16ClFN4O. The van der Waals surface area contributed by atoms with Crippen LogP contribution >= 0.6 is 11.6 Å². The summed E-state index contributed by atoms with van der Waals surface area (Å²) < 4.78 is 15.0. The monoisotopic (exact) mass is 406 g/mol. The molecule has 0 saturated carbocycles. The van der Waals surface area contributed by atoms with Gasteiger partial charge in [-0.05, 0) is 49.4 Å². The lowest BCUT2D eigenvalue weighted by Crippen LogP contribution is -2.14. The van der Waals surface area contributed by atoms with Gasteiger partial charge in [0.1, 0.15) is 5.82 Å². The molecular weight excluding hydrogens is 391 g/mol. The minimum Gasteiger partial charge on any atom is -0.319 e. The van der Waals surface area contributed by atoms with Crippen LogP contribution in [0.4, 0.5) is 10.1 Å². The number of benzene rings is 3. The van der Waals surface area contributed by atoms with Crippen molar-refractivity contribution in [1.82, 2.24) is 14.8 Å². The van der Waals surface area contributed by atoms with Crippen LogP contribution in [0.2, 0.25) is 5.02 Å². The highest BCUT2D eigenvalue weighted by Crippen LogP contribution is 2.23. The Labute approximate surface area is 171 Å². The fourth-order valence-corrected chi connectivity index (χ4v) is 2.94. The summed E-state index contributed by atoms with van der Waals surface area (Å²) in [6.45, 7) is 1.99. The maximum Gasteiger partial charge on any atom is 0.295 e. The number of aryl methyl sites for hydroxylation is 1. The highest BCUT2D eigenvalue weighted by atomic mass is 35.5. The molecule has 144 valence electrons. The molecule has 4 rings (SSSR count). The molecule has 0 radical (unpaired) electrons. The fourth-order valence-electron chi connectivity index (χ4n) is 2.81. The van der Waals surface area contributed by atoms with E-state index >= 15 is 0 Å². The summed E-state index contributed by atoms with van der Waals surface area (Å²) >= 11 is 5.99. The fraction of sp³-hybridized carbons (Fsp3) is 0.0455. The zero-order chi connectivity index (χ0) is 20.4. The average molecular weight is 407 g/mol. The number of hydrogen-bond acceptors (Lipinski definition) is 3. The summed E-state index contributed by atoms with van der Waals surface area (Å²) in [5.41, 5.74) is 2.95. The number of amides is 1. The second-order valence-electron chi connectivity index (χ2n) is 6.48. The van der Waals surface area contributed by atoms with E-state index < -0.39 is 11.7 Å². The van der Waals surface area contributed by atoms with Gasteiger partial charge in [-0.25, -0.2) is 14.1 Å². The van der Waals surface area contributed by atoms with Crippen LogP contribution in [0.1, 0.15) is 16.2 Å². The first kappa shape index (κ1) is 18.8. The number of anilines is 1. The van der Waals surface area contributed by atoms with Crippen molar-refractivity contribution in [3.8, 4) is 17.1 Å². The third-order valence-electron chi connectivity index (χ3n) is 4.27. The number of rotatable bonds is 4. The molecule has 3 aromatic carbocycles. The maximum absolute atomic E-state index is 13.4. The number of nitrogens with zero attached hydrogens (tertiary/aromatic N) is 3. The van der Waals surface area contributed by atoms with E-state index in [9.17, 15) is 9.18 Å². The van der Waals surface area contributed by atoms with Crippen molar-refractivity contribution in [2.75, 3.05) is 5.32 Å². The largest absolute Gasteiger partial charge is 0.319 e. The van der Waals surface area contributed by atoms with Gasteiger partial charge in [0, 0.05) is 16.3 Å². The Balaban J connectivity index is 1.75. The van der Waals surface area contributed by atoms with E-state index in [0.717, 1.165) is 11.1 Å². The molecule has 1 amide bonds. The van der Waals surface area contributed by atoms with Gasteiger partial charge in [-0.2, -0.15) is 0 Å². The molecule has 0 aliphatic rings. The van der Waals surface area contributed by atoms with Crippen LogP contribution in [0, 0.1) is 12.7 Å². The van der Waals surface area contributed by atoms with Crippen LogP contribution in [-0.4, -0.2) is 20.7 Å². The SMILES string of the molecule is Cc1ccc(-c2nc(C(=O)Nc3cccc(F)c3)nn2-c2ccc(Cl)cc2)cc1. The molecule has 0 aliphatic heterocycles. The van der Waals surface area contributed by atoms with E-state index in [1.807, 2.05) is 31.2 Å². The number of aromatic nitrogens is 3. The molecule has 0 unspecified atom stereocenters. The summed E-state index contributed by atoms with van der Waals surface area (Å²) in [4.78, 5) is 17.1. The van der Waals surface area contributed by atoms with Crippen molar-refractivity contribution in [2.24, 2.45) is 0 Å². The summed E-state index contributed by atoms with van der Waals surface area (Å²) in [6, 6.07) is 20.5. The van der Waals surface area contributed by atoms with Gasteiger partial charge in [-0.3, -0.25) is 4.79 Å². The van der Waals surface area contributed by atoms with Crippen LogP contribution < -0.4 is 5.32 Å². The van der Waals surface area contributed by atoms with E-state index in [4.69, 9.17) is 11.6 Å². The number of halogens is 2. The van der Waals surface area contributed by atoms with Crippen molar-refractivity contribution < 1.29 is 9.18 Å². The molecule has 0 aliphatic carbocycles. The summed E-state index contributed by atoms with van der Waals surface area (Å²) in [5, 5.41) is 7.60. The lowest BCUT2D eigenvalue weighted by molar-refractivity contribution is 0.101. The Bertz CT molecular complexity index is 1110. The second-order valence-corrected chi connectivity index (χ2v) is 6.91. The molecule has 4 aromatic rings. The van der Waals surface area contributed by atoms with E-state index in [-0.39, 0.29) is 5.82 Å². The summed E-state index contributed by atoms with van der Waals surface area (Å²) in [5.74, 6) is -0.490. The first-order chi connectivity index (χ1) is 14.0. The predicted molar refractivity (Wildman–Crippen MR) is 111 cm³/mol. The van der Waals surface area contributed by atoms with Gasteiger partial charge >= 0.3 is 0 Å². The molecule has 29 heavy (non-hydrogen) atoms. The average Bonchev–Trinajstić information content (AvgIpc) is 3.15. The standard InChI is InChI=1S/C22H16ClFN4O/c1-14-5-7-15(8-6-14)21-26-20(22(29)25-18-4-2-3-17(24)13-18)27-28(21)19-11-9-16(23)10-12-19/h2-13H,1H3,(H,25,29). The number of hydrogen-bond donors (Lipinski definition) is 1. The molecule has 1 aromatic heterocycles. The number of carbonyl (C=O) groups excluding carboxylic acids is 1. The summed E-state index contributed by atoms with van der Waals surface area (Å²) in [7, 11) is 0. The van der Waals surface area contributed by atoms with Crippen LogP contribution in [0.25, 0.3) is 17.1 Å². The van der Waals surface area contributed by atoms with Gasteiger partial charge in [0.15, 0.2) is 5.82 Å². The van der Waals surface area contributed by atoms with Gasteiger partial charge in [-0.1, -0.05) is 47.5 Å². The Morgan fingerprint density at radius 2 is 1.76 bits per heavy atom. The highest BCUT2D eigenvalue weighted by Gasteiger charge is 2.19. The Hall–Kier alpha value is -3.51. The molecule has 1 N–H and O–H groups in total. The Kier molecular flexibility index (Phi) is 5.10. The normalized spacial score (nSPS) is 10.7. The van der Waals surface area contributed by atoms with Crippen molar-refractivity contribution in [3.05, 3.63) is 95.0 Å². The van der Waals surface area contributed by atoms with Crippen LogP contribution in [0.5, 0.6) is 0 Å². The molecule has 7 heteroatoms. The molecule has 1 heterocycles. The van der Waals surface area contributed by atoms with Gasteiger partial charge in [0.05, 0.1) is 5.69 Å². The predicted octanol–water partition coefficient (Wildman–Crippen LogP) is 5.29. The molecule has 0 fully saturated rings. The minimum absolute atomic E-state index is 0.0280. The molecule has 0 bridgehead atoms. The first-order valence-electron chi connectivity index (χ1n) is 8.86. The van der Waals surface area contributed by atoms with Gasteiger partial charge in [-0.15, -0.1) is 5.10 Å². The van der Waals surface area contributed by atoms with Crippen LogP contribution in [0.3, 0.4) is 0 Å². The smallest absolute Gasteiger partial charge is 0.295 e. The molecule has 0 saturated heterocycles. The minimum atomic E-state index is -0.531. The summed E-state index contributed by atoms with van der Waals surface area (Å²) in [6.07, 6.45) is 0. The van der Waals surface area contributed by atoms with Crippen molar-refractivity contribution in [1.29, 1.82) is 0 Å². The number of nitrogens with one attached hydrogen (secondary N) is 1. The van der Waals surface area contributed by atoms with Gasteiger partial charge in [0.2, 0.25) is 5.82 Å². The third-order valence-corrected chi connectivity index (χ3v) is 4.53. The molecule has 0 spiro atoms. The zero-order valence-electron chi connectivity index (χ0n) is 15.4. The van der Waals surface area contributed by atoms with E-state index in [0.29, 0.717) is 22.2 Å². The zero-order valence-corrected chi connectivity index (χ0v) is 16.2. The van der Waals surface area contributed by atoms with E-state index in [1.54, 1.807) is 35.0 Å². The van der Waals surface area contributed by atoms with Crippen LogP contribution in [-0.2, 0) is 0 Å². The molecule has 5 nitrogen and oxygen atoms in total.